The number of thiophene rings is 1. The van der Waals surface area contributed by atoms with Crippen molar-refractivity contribution in [2.75, 3.05) is 13.1 Å². The number of nitrogens with one attached hydrogen (secondary N) is 1. The predicted octanol–water partition coefficient (Wildman–Crippen LogP) is 1.92. The first kappa shape index (κ1) is 7.10. The van der Waals surface area contributed by atoms with Crippen molar-refractivity contribution in [3.63, 3.8) is 0 Å². The zero-order valence-corrected chi connectivity index (χ0v) is 8.08. The van der Waals surface area contributed by atoms with E-state index in [-0.39, 0.29) is 0 Å². The van der Waals surface area contributed by atoms with Gasteiger partial charge in [0.1, 0.15) is 0 Å². The van der Waals surface area contributed by atoms with Gasteiger partial charge in [0.25, 0.3) is 0 Å². The van der Waals surface area contributed by atoms with E-state index in [1.807, 2.05) is 11.3 Å². The number of hydrogen-bond donors (Lipinski definition) is 1. The van der Waals surface area contributed by atoms with Crippen LogP contribution in [0.5, 0.6) is 0 Å². The molecule has 1 N–H and O–H groups in total. The maximum Gasteiger partial charge on any atom is 0.00869 e. The van der Waals surface area contributed by atoms with Gasteiger partial charge in [-0.2, -0.15) is 0 Å². The first-order valence-corrected chi connectivity index (χ1v) is 5.46. The monoisotopic (exact) mass is 179 g/mol. The summed E-state index contributed by atoms with van der Waals surface area (Å²) in [6, 6.07) is 2.40. The van der Waals surface area contributed by atoms with Gasteiger partial charge in [0.15, 0.2) is 0 Å². The average Bonchev–Trinajstić information content (AvgIpc) is 2.59. The van der Waals surface area contributed by atoms with Crippen LogP contribution >= 0.6 is 11.3 Å². The fourth-order valence-corrected chi connectivity index (χ4v) is 3.81. The molecule has 1 saturated heterocycles. The summed E-state index contributed by atoms with van der Waals surface area (Å²) >= 11 is 2.01. The van der Waals surface area contributed by atoms with Crippen molar-refractivity contribution in [3.8, 4) is 0 Å². The lowest BCUT2D eigenvalue weighted by molar-refractivity contribution is 0.565. The van der Waals surface area contributed by atoms with E-state index in [0.717, 1.165) is 11.8 Å². The molecule has 2 atom stereocenters. The first-order valence-electron chi connectivity index (χ1n) is 4.64. The minimum atomic E-state index is 0.852. The topological polar surface area (TPSA) is 12.0 Å². The fourth-order valence-electron chi connectivity index (χ4n) is 2.61. The van der Waals surface area contributed by atoms with Crippen LogP contribution in [0.15, 0.2) is 6.07 Å². The zero-order chi connectivity index (χ0) is 8.13. The molecule has 2 unspecified atom stereocenters. The van der Waals surface area contributed by atoms with E-state index in [0.29, 0.717) is 0 Å². The second-order valence-corrected chi connectivity index (χ2v) is 5.31. The van der Waals surface area contributed by atoms with E-state index in [1.165, 1.54) is 24.4 Å². The highest BCUT2D eigenvalue weighted by Crippen LogP contribution is 2.43. The third kappa shape index (κ3) is 0.824. The summed E-state index contributed by atoms with van der Waals surface area (Å²) < 4.78 is 0. The van der Waals surface area contributed by atoms with Crippen LogP contribution in [-0.2, 0) is 6.42 Å². The van der Waals surface area contributed by atoms with Crippen LogP contribution in [-0.4, -0.2) is 13.1 Å². The van der Waals surface area contributed by atoms with E-state index in [1.54, 1.807) is 10.4 Å². The van der Waals surface area contributed by atoms with Crippen LogP contribution in [0.3, 0.4) is 0 Å². The van der Waals surface area contributed by atoms with Crippen LogP contribution in [0.1, 0.15) is 21.2 Å². The minimum absolute atomic E-state index is 0.852. The lowest BCUT2D eigenvalue weighted by Gasteiger charge is -2.06. The third-order valence-electron chi connectivity index (χ3n) is 3.15. The molecule has 0 aromatic carbocycles. The molecular formula is C10H13NS. The molecule has 1 aromatic rings. The molecule has 2 heterocycles. The van der Waals surface area contributed by atoms with E-state index in [9.17, 15) is 0 Å². The summed E-state index contributed by atoms with van der Waals surface area (Å²) in [7, 11) is 0. The third-order valence-corrected chi connectivity index (χ3v) is 4.24. The molecule has 1 aliphatic heterocycles. The SMILES string of the molecule is Cc1cc2c(s1)CC1CNCC21. The second-order valence-electron chi connectivity index (χ2n) is 3.96. The van der Waals surface area contributed by atoms with E-state index < -0.39 is 0 Å². The van der Waals surface area contributed by atoms with Gasteiger partial charge >= 0.3 is 0 Å². The largest absolute Gasteiger partial charge is 0.316 e. The highest BCUT2D eigenvalue weighted by molar-refractivity contribution is 7.12. The molecule has 3 rings (SSSR count). The van der Waals surface area contributed by atoms with Crippen molar-refractivity contribution < 1.29 is 0 Å². The van der Waals surface area contributed by atoms with Gasteiger partial charge in [0.05, 0.1) is 0 Å². The first-order chi connectivity index (χ1) is 5.84. The molecule has 12 heavy (non-hydrogen) atoms. The number of aryl methyl sites for hydroxylation is 1. The Morgan fingerprint density at radius 2 is 2.42 bits per heavy atom. The fraction of sp³-hybridized carbons (Fsp3) is 0.600. The highest BCUT2D eigenvalue weighted by Gasteiger charge is 2.36. The average molecular weight is 179 g/mol. The Labute approximate surface area is 76.8 Å². The Kier molecular flexibility index (Phi) is 1.38. The van der Waals surface area contributed by atoms with Crippen molar-refractivity contribution in [2.24, 2.45) is 5.92 Å². The Morgan fingerprint density at radius 1 is 1.50 bits per heavy atom. The quantitative estimate of drug-likeness (QED) is 0.641. The van der Waals surface area contributed by atoms with E-state index in [4.69, 9.17) is 0 Å². The van der Waals surface area contributed by atoms with Gasteiger partial charge in [-0.15, -0.1) is 11.3 Å². The van der Waals surface area contributed by atoms with Crippen molar-refractivity contribution in [1.29, 1.82) is 0 Å². The van der Waals surface area contributed by atoms with Gasteiger partial charge in [0, 0.05) is 22.2 Å². The van der Waals surface area contributed by atoms with Crippen LogP contribution in [0.2, 0.25) is 0 Å². The van der Waals surface area contributed by atoms with Crippen molar-refractivity contribution >= 4 is 11.3 Å². The Balaban J connectivity index is 2.06. The predicted molar refractivity (Wildman–Crippen MR) is 51.9 cm³/mol. The molecular weight excluding hydrogens is 166 g/mol. The van der Waals surface area contributed by atoms with Gasteiger partial charge in [-0.3, -0.25) is 0 Å². The highest BCUT2D eigenvalue weighted by atomic mass is 32.1. The smallest absolute Gasteiger partial charge is 0.00869 e. The lowest BCUT2D eigenvalue weighted by Crippen LogP contribution is -2.09. The van der Waals surface area contributed by atoms with Gasteiger partial charge in [-0.1, -0.05) is 0 Å². The number of rotatable bonds is 0. The normalized spacial score (nSPS) is 32.1. The molecule has 1 fully saturated rings. The van der Waals surface area contributed by atoms with Crippen molar-refractivity contribution in [1.82, 2.24) is 5.32 Å². The van der Waals surface area contributed by atoms with Crippen LogP contribution in [0, 0.1) is 12.8 Å². The molecule has 64 valence electrons. The summed E-state index contributed by atoms with van der Waals surface area (Å²) in [5.74, 6) is 1.77. The summed E-state index contributed by atoms with van der Waals surface area (Å²) in [5.41, 5.74) is 1.66. The Hall–Kier alpha value is -0.340. The Morgan fingerprint density at radius 3 is 3.33 bits per heavy atom. The summed E-state index contributed by atoms with van der Waals surface area (Å²) in [6.45, 7) is 4.68. The maximum absolute atomic E-state index is 3.48. The van der Waals surface area contributed by atoms with Crippen LogP contribution < -0.4 is 5.32 Å². The molecule has 0 radical (unpaired) electrons. The molecule has 0 bridgehead atoms. The van der Waals surface area contributed by atoms with Gasteiger partial charge < -0.3 is 5.32 Å². The minimum Gasteiger partial charge on any atom is -0.316 e. The molecule has 2 heteroatoms. The van der Waals surface area contributed by atoms with Crippen molar-refractivity contribution in [2.45, 2.75) is 19.3 Å². The van der Waals surface area contributed by atoms with Gasteiger partial charge in [-0.25, -0.2) is 0 Å². The van der Waals surface area contributed by atoms with E-state index in [2.05, 4.69) is 18.3 Å². The lowest BCUT2D eigenvalue weighted by atomic mass is 9.97. The molecule has 0 amide bonds. The molecule has 1 aliphatic carbocycles. The summed E-state index contributed by atoms with van der Waals surface area (Å²) in [4.78, 5) is 3.16. The molecule has 0 saturated carbocycles. The van der Waals surface area contributed by atoms with Crippen molar-refractivity contribution in [3.05, 3.63) is 21.4 Å². The molecule has 0 spiro atoms. The Bertz CT molecular complexity index is 316. The summed E-state index contributed by atoms with van der Waals surface area (Å²) in [6.07, 6.45) is 1.34. The zero-order valence-electron chi connectivity index (χ0n) is 7.26. The standard InChI is InChI=1S/C10H13NS/c1-6-2-8-9-5-11-4-7(9)3-10(8)12-6/h2,7,9,11H,3-5H2,1H3. The van der Waals surface area contributed by atoms with Gasteiger partial charge in [0.2, 0.25) is 0 Å². The van der Waals surface area contributed by atoms with Crippen LogP contribution in [0.4, 0.5) is 0 Å². The maximum atomic E-state index is 3.48. The molecule has 1 aromatic heterocycles. The van der Waals surface area contributed by atoms with Crippen LogP contribution in [0.25, 0.3) is 0 Å². The summed E-state index contributed by atoms with van der Waals surface area (Å²) in [5, 5.41) is 3.48. The number of hydrogen-bond acceptors (Lipinski definition) is 2. The molecule has 1 nitrogen and oxygen atoms in total. The number of fused-ring (bicyclic) bond motifs is 3. The van der Waals surface area contributed by atoms with Gasteiger partial charge in [-0.05, 0) is 37.4 Å². The van der Waals surface area contributed by atoms with E-state index >= 15 is 0 Å². The second kappa shape index (κ2) is 2.33. The molecule has 2 aliphatic rings.